The molecule has 0 saturated heterocycles. The van der Waals surface area contributed by atoms with Crippen molar-refractivity contribution in [3.05, 3.63) is 88.4 Å². The van der Waals surface area contributed by atoms with E-state index in [2.05, 4.69) is 34.9 Å². The Hall–Kier alpha value is -3.84. The Kier molecular flexibility index (Phi) is 7.36. The molecule has 180 valence electrons. The number of carbonyl (C=O) groups excluding carboxylic acids is 2. The van der Waals surface area contributed by atoms with Crippen LogP contribution in [0.4, 0.5) is 10.5 Å². The molecule has 0 fully saturated rings. The number of alkyl carbamates (subject to hydrolysis) is 1. The number of rotatable bonds is 8. The molecule has 1 aliphatic carbocycles. The number of carbonyl (C=O) groups is 3. The Bertz CT molecular complexity index is 1230. The van der Waals surface area contributed by atoms with Crippen LogP contribution in [0.1, 0.15) is 47.2 Å². The molecule has 2 amide bonds. The van der Waals surface area contributed by atoms with E-state index < -0.39 is 18.1 Å². The topological polar surface area (TPSA) is 105 Å². The molecule has 0 spiro atoms. The van der Waals surface area contributed by atoms with Crippen LogP contribution >= 0.6 is 11.6 Å². The zero-order valence-electron chi connectivity index (χ0n) is 19.1. The summed E-state index contributed by atoms with van der Waals surface area (Å²) in [6, 6.07) is 19.9. The molecule has 4 rings (SSSR count). The van der Waals surface area contributed by atoms with Gasteiger partial charge in [-0.3, -0.25) is 4.79 Å². The molecule has 0 saturated carbocycles. The molecule has 7 nitrogen and oxygen atoms in total. The minimum absolute atomic E-state index is 0.0268. The van der Waals surface area contributed by atoms with E-state index in [-0.39, 0.29) is 35.4 Å². The summed E-state index contributed by atoms with van der Waals surface area (Å²) in [7, 11) is 0. The predicted molar refractivity (Wildman–Crippen MR) is 134 cm³/mol. The Morgan fingerprint density at radius 2 is 1.63 bits per heavy atom. The van der Waals surface area contributed by atoms with Gasteiger partial charge in [-0.2, -0.15) is 0 Å². The molecule has 3 aromatic carbocycles. The number of carboxylic acid groups (broad SMARTS) is 1. The van der Waals surface area contributed by atoms with Crippen molar-refractivity contribution in [3.63, 3.8) is 0 Å². The number of amides is 2. The van der Waals surface area contributed by atoms with Crippen LogP contribution in [0.2, 0.25) is 5.02 Å². The Balaban J connectivity index is 1.33. The number of ether oxygens (including phenoxy) is 1. The number of benzene rings is 3. The van der Waals surface area contributed by atoms with Gasteiger partial charge in [-0.1, -0.05) is 67.1 Å². The summed E-state index contributed by atoms with van der Waals surface area (Å²) in [4.78, 5) is 36.1. The van der Waals surface area contributed by atoms with Crippen molar-refractivity contribution in [2.45, 2.75) is 31.7 Å². The van der Waals surface area contributed by atoms with Crippen LogP contribution in [0.5, 0.6) is 0 Å². The Morgan fingerprint density at radius 3 is 2.20 bits per heavy atom. The molecule has 3 N–H and O–H groups in total. The summed E-state index contributed by atoms with van der Waals surface area (Å²) < 4.78 is 5.57. The minimum Gasteiger partial charge on any atom is -0.478 e. The standard InChI is InChI=1S/C27H25ClN2O5/c1-2-16(14-25(31)29-17-11-12-22(26(32)33)24(28)13-17)30-27(34)35-15-23-20-9-5-3-7-18(20)19-8-4-6-10-21(19)23/h3-13,16,23H,2,14-15H2,1H3,(H,29,31)(H,30,34)(H,32,33)/t16-/m1/s1. The Morgan fingerprint density at radius 1 is 1.00 bits per heavy atom. The smallest absolute Gasteiger partial charge is 0.407 e. The highest BCUT2D eigenvalue weighted by Gasteiger charge is 2.29. The molecule has 0 aliphatic heterocycles. The highest BCUT2D eigenvalue weighted by molar-refractivity contribution is 6.33. The van der Waals surface area contributed by atoms with Crippen LogP contribution in [0.3, 0.4) is 0 Å². The number of hydrogen-bond donors (Lipinski definition) is 3. The van der Waals surface area contributed by atoms with Crippen molar-refractivity contribution in [3.8, 4) is 11.1 Å². The van der Waals surface area contributed by atoms with Crippen LogP contribution < -0.4 is 10.6 Å². The molecule has 0 radical (unpaired) electrons. The number of anilines is 1. The van der Waals surface area contributed by atoms with Crippen molar-refractivity contribution in [2.75, 3.05) is 11.9 Å². The lowest BCUT2D eigenvalue weighted by Gasteiger charge is -2.19. The van der Waals surface area contributed by atoms with Gasteiger partial charge in [0.15, 0.2) is 0 Å². The quantitative estimate of drug-likeness (QED) is 0.375. The predicted octanol–water partition coefficient (Wildman–Crippen LogP) is 5.68. The summed E-state index contributed by atoms with van der Waals surface area (Å²) in [5.74, 6) is -1.53. The fourth-order valence-electron chi connectivity index (χ4n) is 4.31. The van der Waals surface area contributed by atoms with E-state index in [1.165, 1.54) is 18.2 Å². The number of hydrogen-bond acceptors (Lipinski definition) is 4. The summed E-state index contributed by atoms with van der Waals surface area (Å²) in [5, 5.41) is 14.5. The maximum atomic E-state index is 12.5. The second-order valence-corrected chi connectivity index (χ2v) is 8.73. The maximum absolute atomic E-state index is 12.5. The lowest BCUT2D eigenvalue weighted by Crippen LogP contribution is -2.38. The third-order valence-corrected chi connectivity index (χ3v) is 6.39. The number of fused-ring (bicyclic) bond motifs is 3. The highest BCUT2D eigenvalue weighted by atomic mass is 35.5. The van der Waals surface area contributed by atoms with Gasteiger partial charge < -0.3 is 20.5 Å². The van der Waals surface area contributed by atoms with Crippen LogP contribution in [-0.4, -0.2) is 35.7 Å². The van der Waals surface area contributed by atoms with Crippen LogP contribution in [-0.2, 0) is 9.53 Å². The second-order valence-electron chi connectivity index (χ2n) is 8.33. The summed E-state index contributed by atoms with van der Waals surface area (Å²) in [6.07, 6.45) is -0.0321. The summed E-state index contributed by atoms with van der Waals surface area (Å²) in [5.41, 5.74) is 4.88. The van der Waals surface area contributed by atoms with E-state index in [4.69, 9.17) is 21.4 Å². The van der Waals surface area contributed by atoms with E-state index in [1.54, 1.807) is 0 Å². The van der Waals surface area contributed by atoms with Gasteiger partial charge in [0.1, 0.15) is 6.61 Å². The zero-order valence-corrected chi connectivity index (χ0v) is 19.8. The van der Waals surface area contributed by atoms with Gasteiger partial charge in [-0.25, -0.2) is 9.59 Å². The SMILES string of the molecule is CC[C@H](CC(=O)Nc1ccc(C(=O)O)c(Cl)c1)NC(=O)OCC1c2ccccc2-c2ccccc21. The molecule has 0 bridgehead atoms. The maximum Gasteiger partial charge on any atom is 0.407 e. The van der Waals surface area contributed by atoms with Crippen LogP contribution in [0.15, 0.2) is 66.7 Å². The van der Waals surface area contributed by atoms with Gasteiger partial charge in [0.05, 0.1) is 10.6 Å². The molecule has 0 aromatic heterocycles. The molecular formula is C27H25ClN2O5. The van der Waals surface area contributed by atoms with E-state index in [0.29, 0.717) is 12.1 Å². The monoisotopic (exact) mass is 492 g/mol. The van der Waals surface area contributed by atoms with Gasteiger partial charge in [-0.15, -0.1) is 0 Å². The van der Waals surface area contributed by atoms with E-state index >= 15 is 0 Å². The van der Waals surface area contributed by atoms with Crippen molar-refractivity contribution in [1.82, 2.24) is 5.32 Å². The van der Waals surface area contributed by atoms with Gasteiger partial charge >= 0.3 is 12.1 Å². The molecular weight excluding hydrogens is 468 g/mol. The fourth-order valence-corrected chi connectivity index (χ4v) is 4.57. The summed E-state index contributed by atoms with van der Waals surface area (Å²) in [6.45, 7) is 2.05. The molecule has 8 heteroatoms. The average molecular weight is 493 g/mol. The first-order valence-electron chi connectivity index (χ1n) is 11.3. The van der Waals surface area contributed by atoms with Gasteiger partial charge in [0, 0.05) is 24.1 Å². The molecule has 3 aromatic rings. The van der Waals surface area contributed by atoms with E-state index in [9.17, 15) is 14.4 Å². The average Bonchev–Trinajstić information content (AvgIpc) is 3.16. The first-order chi connectivity index (χ1) is 16.9. The fraction of sp³-hybridized carbons (Fsp3) is 0.222. The third kappa shape index (κ3) is 5.46. The number of halogens is 1. The lowest BCUT2D eigenvalue weighted by molar-refractivity contribution is -0.116. The second kappa shape index (κ2) is 10.6. The molecule has 1 atom stereocenters. The van der Waals surface area contributed by atoms with Gasteiger partial charge in [0.2, 0.25) is 5.91 Å². The normalized spacial score (nSPS) is 12.9. The molecule has 0 unspecified atom stereocenters. The summed E-state index contributed by atoms with van der Waals surface area (Å²) >= 11 is 5.96. The molecule has 1 aliphatic rings. The molecule has 35 heavy (non-hydrogen) atoms. The highest BCUT2D eigenvalue weighted by Crippen LogP contribution is 2.44. The molecule has 0 heterocycles. The lowest BCUT2D eigenvalue weighted by atomic mass is 9.98. The van der Waals surface area contributed by atoms with Crippen LogP contribution in [0, 0.1) is 0 Å². The first-order valence-corrected chi connectivity index (χ1v) is 11.7. The van der Waals surface area contributed by atoms with Gasteiger partial charge in [0.25, 0.3) is 0 Å². The Labute approximate surface area is 208 Å². The van der Waals surface area contributed by atoms with Crippen molar-refractivity contribution in [1.29, 1.82) is 0 Å². The first kappa shape index (κ1) is 24.3. The van der Waals surface area contributed by atoms with Crippen molar-refractivity contribution >= 4 is 35.3 Å². The third-order valence-electron chi connectivity index (χ3n) is 6.07. The zero-order chi connectivity index (χ0) is 24.9. The van der Waals surface area contributed by atoms with Gasteiger partial charge in [-0.05, 0) is 46.9 Å². The number of carboxylic acids is 1. The number of aromatic carboxylic acids is 1. The minimum atomic E-state index is -1.15. The number of nitrogens with one attached hydrogen (secondary N) is 2. The van der Waals surface area contributed by atoms with Crippen LogP contribution in [0.25, 0.3) is 11.1 Å². The van der Waals surface area contributed by atoms with E-state index in [0.717, 1.165) is 22.3 Å². The van der Waals surface area contributed by atoms with E-state index in [1.807, 2.05) is 31.2 Å². The van der Waals surface area contributed by atoms with Crippen molar-refractivity contribution < 1.29 is 24.2 Å². The largest absolute Gasteiger partial charge is 0.478 e. The van der Waals surface area contributed by atoms with Crippen molar-refractivity contribution in [2.24, 2.45) is 0 Å².